The van der Waals surface area contributed by atoms with Crippen molar-refractivity contribution in [2.45, 2.75) is 45.5 Å². The summed E-state index contributed by atoms with van der Waals surface area (Å²) in [5.41, 5.74) is 1.59. The smallest absolute Gasteiger partial charge is 0.445 e. The van der Waals surface area contributed by atoms with E-state index in [0.717, 1.165) is 21.1 Å². The second-order valence-corrected chi connectivity index (χ2v) is 9.07. The number of halogens is 1. The lowest BCUT2D eigenvalue weighted by atomic mass is 9.77. The summed E-state index contributed by atoms with van der Waals surface area (Å²) in [6, 6.07) is 11.5. The number of carbonyl (C=O) groups is 1. The van der Waals surface area contributed by atoms with E-state index < -0.39 is 24.4 Å². The van der Waals surface area contributed by atoms with Gasteiger partial charge in [-0.05, 0) is 66.3 Å². The molecule has 2 aromatic rings. The van der Waals surface area contributed by atoms with Gasteiger partial charge in [0.2, 0.25) is 0 Å². The monoisotopic (exact) mass is 472 g/mol. The summed E-state index contributed by atoms with van der Waals surface area (Å²) in [5.74, 6) is 0. The number of benzene rings is 1. The van der Waals surface area contributed by atoms with Crippen molar-refractivity contribution in [1.29, 1.82) is 0 Å². The maximum atomic E-state index is 12.2. The van der Waals surface area contributed by atoms with Gasteiger partial charge < -0.3 is 19.4 Å². The highest BCUT2D eigenvalue weighted by atomic mass is 79.9. The fourth-order valence-corrected chi connectivity index (χ4v) is 3.25. The van der Waals surface area contributed by atoms with Gasteiger partial charge in [-0.15, -0.1) is 0 Å². The molecule has 0 radical (unpaired) electrons. The first-order valence-electron chi connectivity index (χ1n) is 9.77. The van der Waals surface area contributed by atoms with Crippen LogP contribution in [0.25, 0.3) is 6.08 Å². The molecule has 1 aromatic carbocycles. The van der Waals surface area contributed by atoms with Crippen LogP contribution in [0.15, 0.2) is 58.7 Å². The van der Waals surface area contributed by atoms with E-state index >= 15 is 0 Å². The zero-order valence-corrected chi connectivity index (χ0v) is 19.2. The number of hydrogen-bond donors (Lipinski definition) is 1. The molecule has 1 saturated heterocycles. The highest BCUT2D eigenvalue weighted by Gasteiger charge is 2.52. The molecule has 0 unspecified atom stereocenters. The van der Waals surface area contributed by atoms with Gasteiger partial charge in [0.05, 0.1) is 11.2 Å². The summed E-state index contributed by atoms with van der Waals surface area (Å²) in [4.78, 5) is 16.4. The molecular weight excluding hydrogens is 447 g/mol. The van der Waals surface area contributed by atoms with Crippen LogP contribution in [0.2, 0.25) is 0 Å². The molecule has 1 fully saturated rings. The Morgan fingerprint density at radius 1 is 1.17 bits per heavy atom. The Hall–Kier alpha value is -2.16. The first-order valence-corrected chi connectivity index (χ1v) is 10.6. The molecule has 2 heterocycles. The minimum Gasteiger partial charge on any atom is -0.445 e. The number of ether oxygens (including phenoxy) is 1. The summed E-state index contributed by atoms with van der Waals surface area (Å²) in [6.45, 7) is 8.40. The number of rotatable bonds is 6. The van der Waals surface area contributed by atoms with Crippen molar-refractivity contribution >= 4 is 35.2 Å². The average Bonchev–Trinajstić information content (AvgIpc) is 2.91. The van der Waals surface area contributed by atoms with Crippen LogP contribution < -0.4 is 5.32 Å². The molecule has 6 nitrogen and oxygen atoms in total. The van der Waals surface area contributed by atoms with Gasteiger partial charge in [-0.1, -0.05) is 36.4 Å². The van der Waals surface area contributed by atoms with Crippen LogP contribution in [0.5, 0.6) is 0 Å². The van der Waals surface area contributed by atoms with Gasteiger partial charge in [0.1, 0.15) is 6.61 Å². The van der Waals surface area contributed by atoms with Gasteiger partial charge in [0.15, 0.2) is 0 Å². The number of alkyl carbamates (subject to hydrolysis) is 1. The van der Waals surface area contributed by atoms with Gasteiger partial charge in [-0.2, -0.15) is 0 Å². The number of nitrogens with zero attached hydrogens (tertiary/aromatic N) is 1. The minimum atomic E-state index is -0.594. The maximum Gasteiger partial charge on any atom is 0.492 e. The number of carbonyl (C=O) groups excluding carboxylic acids is 1. The molecule has 1 aliphatic heterocycles. The standard InChI is InChI=1S/C22H26BBrN2O4/c1-21(2)22(3,4)30-23(29-21)18(10-17-11-19(24)14-25-12-17)13-26-20(27)28-15-16-8-6-5-7-9-16/h5-12,14H,13,15H2,1-4H3,(H,26,27). The lowest BCUT2D eigenvalue weighted by Gasteiger charge is -2.32. The van der Waals surface area contributed by atoms with Crippen molar-refractivity contribution in [2.75, 3.05) is 6.54 Å². The SMILES string of the molecule is CC1(C)OB(C(=Cc2cncc(Br)c2)CNC(=O)OCc2ccccc2)OC1(C)C. The second kappa shape index (κ2) is 9.33. The van der Waals surface area contributed by atoms with Gasteiger partial charge in [-0.25, -0.2) is 4.79 Å². The van der Waals surface area contributed by atoms with E-state index in [0.29, 0.717) is 0 Å². The van der Waals surface area contributed by atoms with Crippen molar-refractivity contribution < 1.29 is 18.8 Å². The number of pyridine rings is 1. The van der Waals surface area contributed by atoms with Crippen molar-refractivity contribution in [3.8, 4) is 0 Å². The molecule has 1 N–H and O–H groups in total. The lowest BCUT2D eigenvalue weighted by molar-refractivity contribution is 0.00578. The van der Waals surface area contributed by atoms with Crippen molar-refractivity contribution in [3.05, 3.63) is 69.9 Å². The normalized spacial score (nSPS) is 17.6. The van der Waals surface area contributed by atoms with Crippen molar-refractivity contribution in [1.82, 2.24) is 10.3 Å². The maximum absolute atomic E-state index is 12.2. The molecule has 0 atom stereocenters. The van der Waals surface area contributed by atoms with E-state index in [-0.39, 0.29) is 13.2 Å². The van der Waals surface area contributed by atoms with Gasteiger partial charge in [0.25, 0.3) is 0 Å². The summed E-state index contributed by atoms with van der Waals surface area (Å²) in [7, 11) is -0.594. The first-order chi connectivity index (χ1) is 14.2. The Bertz CT molecular complexity index is 902. The number of amides is 1. The third kappa shape index (κ3) is 5.71. The molecule has 1 aromatic heterocycles. The third-order valence-corrected chi connectivity index (χ3v) is 5.72. The molecule has 1 amide bonds. The zero-order valence-electron chi connectivity index (χ0n) is 17.6. The summed E-state index contributed by atoms with van der Waals surface area (Å²) < 4.78 is 18.5. The van der Waals surface area contributed by atoms with E-state index in [1.54, 1.807) is 12.4 Å². The molecule has 0 bridgehead atoms. The number of nitrogens with one attached hydrogen (secondary N) is 1. The van der Waals surface area contributed by atoms with Crippen molar-refractivity contribution in [3.63, 3.8) is 0 Å². The fraction of sp³-hybridized carbons (Fsp3) is 0.364. The highest BCUT2D eigenvalue weighted by molar-refractivity contribution is 9.10. The predicted octanol–water partition coefficient (Wildman–Crippen LogP) is 4.79. The second-order valence-electron chi connectivity index (χ2n) is 8.16. The molecule has 8 heteroatoms. The Morgan fingerprint density at radius 3 is 2.47 bits per heavy atom. The van der Waals surface area contributed by atoms with Crippen LogP contribution in [0.3, 0.4) is 0 Å². The Kier molecular flexibility index (Phi) is 7.00. The first kappa shape index (κ1) is 22.5. The summed E-state index contributed by atoms with van der Waals surface area (Å²) in [6.07, 6.45) is 4.86. The Balaban J connectivity index is 1.71. The summed E-state index contributed by atoms with van der Waals surface area (Å²) >= 11 is 3.43. The van der Waals surface area contributed by atoms with Crippen LogP contribution in [0.4, 0.5) is 4.79 Å². The molecular formula is C22H26BBrN2O4. The molecule has 0 aliphatic carbocycles. The fourth-order valence-electron chi connectivity index (χ4n) is 2.87. The number of hydrogen-bond acceptors (Lipinski definition) is 5. The average molecular weight is 473 g/mol. The van der Waals surface area contributed by atoms with Gasteiger partial charge in [-0.3, -0.25) is 4.98 Å². The van der Waals surface area contributed by atoms with Crippen molar-refractivity contribution in [2.24, 2.45) is 0 Å². The van der Waals surface area contributed by atoms with Gasteiger partial charge in [0, 0.05) is 23.4 Å². The quantitative estimate of drug-likeness (QED) is 0.612. The van der Waals surface area contributed by atoms with Crippen LogP contribution in [0.1, 0.15) is 38.8 Å². The lowest BCUT2D eigenvalue weighted by Crippen LogP contribution is -2.41. The molecule has 3 rings (SSSR count). The molecule has 0 spiro atoms. The minimum absolute atomic E-state index is 0.206. The largest absolute Gasteiger partial charge is 0.492 e. The van der Waals surface area contributed by atoms with Crippen LogP contribution in [0, 0.1) is 0 Å². The Labute approximate surface area is 186 Å². The van der Waals surface area contributed by atoms with Crippen LogP contribution >= 0.6 is 15.9 Å². The van der Waals surface area contributed by atoms with Crippen LogP contribution in [-0.4, -0.2) is 35.9 Å². The summed E-state index contributed by atoms with van der Waals surface area (Å²) in [5, 5.41) is 2.80. The van der Waals surface area contributed by atoms with Gasteiger partial charge >= 0.3 is 13.2 Å². The third-order valence-electron chi connectivity index (χ3n) is 5.28. The molecule has 1 aliphatic rings. The highest BCUT2D eigenvalue weighted by Crippen LogP contribution is 2.38. The predicted molar refractivity (Wildman–Crippen MR) is 121 cm³/mol. The zero-order chi connectivity index (χ0) is 21.8. The van der Waals surface area contributed by atoms with E-state index in [4.69, 9.17) is 14.0 Å². The van der Waals surface area contributed by atoms with E-state index in [1.807, 2.05) is 70.2 Å². The molecule has 158 valence electrons. The van der Waals surface area contributed by atoms with E-state index in [9.17, 15) is 4.79 Å². The Morgan fingerprint density at radius 2 is 1.83 bits per heavy atom. The molecule has 30 heavy (non-hydrogen) atoms. The topological polar surface area (TPSA) is 69.7 Å². The molecule has 0 saturated carbocycles. The number of aromatic nitrogens is 1. The van der Waals surface area contributed by atoms with E-state index in [1.165, 1.54) is 0 Å². The van der Waals surface area contributed by atoms with E-state index in [2.05, 4.69) is 26.2 Å². The van der Waals surface area contributed by atoms with Crippen LogP contribution in [-0.2, 0) is 20.7 Å².